The van der Waals surface area contributed by atoms with Crippen LogP contribution in [0.15, 0.2) is 30.3 Å². The van der Waals surface area contributed by atoms with Crippen LogP contribution in [0, 0.1) is 18.3 Å². The lowest BCUT2D eigenvalue weighted by atomic mass is 10.0. The van der Waals surface area contributed by atoms with Crippen LogP contribution >= 0.6 is 11.3 Å². The zero-order valence-electron chi connectivity index (χ0n) is 11.4. The molecule has 0 radical (unpaired) electrons. The molecule has 0 spiro atoms. The molecule has 0 aliphatic carbocycles. The van der Waals surface area contributed by atoms with Crippen molar-refractivity contribution in [1.29, 1.82) is 5.26 Å². The molecule has 1 aromatic carbocycles. The summed E-state index contributed by atoms with van der Waals surface area (Å²) in [6.07, 6.45) is 1.15. The Bertz CT molecular complexity index is 593. The molecule has 0 saturated carbocycles. The summed E-state index contributed by atoms with van der Waals surface area (Å²) in [6, 6.07) is 12.7. The van der Waals surface area contributed by atoms with Crippen molar-refractivity contribution in [1.82, 2.24) is 5.32 Å². The van der Waals surface area contributed by atoms with Gasteiger partial charge in [-0.15, -0.1) is 11.3 Å². The van der Waals surface area contributed by atoms with E-state index in [1.54, 1.807) is 11.3 Å². The fourth-order valence-electron chi connectivity index (χ4n) is 2.00. The van der Waals surface area contributed by atoms with Gasteiger partial charge in [-0.2, -0.15) is 5.26 Å². The van der Waals surface area contributed by atoms with Gasteiger partial charge in [0.2, 0.25) is 0 Å². The Hall–Kier alpha value is -1.63. The summed E-state index contributed by atoms with van der Waals surface area (Å²) in [7, 11) is 0. The monoisotopic (exact) mass is 270 g/mol. The van der Waals surface area contributed by atoms with E-state index in [0.29, 0.717) is 0 Å². The number of nitrogens with one attached hydrogen (secondary N) is 1. The molecule has 1 N–H and O–H groups in total. The summed E-state index contributed by atoms with van der Waals surface area (Å²) in [6.45, 7) is 6.23. The van der Waals surface area contributed by atoms with Gasteiger partial charge in [0.1, 0.15) is 10.9 Å². The van der Waals surface area contributed by atoms with E-state index in [2.05, 4.69) is 43.4 Å². The third-order valence-corrected chi connectivity index (χ3v) is 4.06. The number of nitrogens with zero attached hydrogens (tertiary/aromatic N) is 1. The van der Waals surface area contributed by atoms with E-state index in [9.17, 15) is 0 Å². The first-order valence-corrected chi connectivity index (χ1v) is 7.36. The van der Waals surface area contributed by atoms with Crippen molar-refractivity contribution in [3.8, 4) is 16.5 Å². The van der Waals surface area contributed by atoms with E-state index in [-0.39, 0.29) is 0 Å². The summed E-state index contributed by atoms with van der Waals surface area (Å²) >= 11 is 1.56. The molecule has 1 aromatic heterocycles. The second kappa shape index (κ2) is 6.51. The van der Waals surface area contributed by atoms with Gasteiger partial charge in [-0.25, -0.2) is 0 Å². The largest absolute Gasteiger partial charge is 0.313 e. The minimum Gasteiger partial charge on any atom is -0.313 e. The number of benzene rings is 1. The first kappa shape index (κ1) is 13.8. The minimum absolute atomic E-state index is 0.768. The van der Waals surface area contributed by atoms with Crippen LogP contribution in [0.25, 0.3) is 10.4 Å². The van der Waals surface area contributed by atoms with Gasteiger partial charge in [0.05, 0.1) is 0 Å². The van der Waals surface area contributed by atoms with E-state index < -0.39 is 0 Å². The smallest absolute Gasteiger partial charge is 0.110 e. The Morgan fingerprint density at radius 2 is 2.11 bits per heavy atom. The molecule has 0 saturated heterocycles. The van der Waals surface area contributed by atoms with E-state index in [0.717, 1.165) is 24.4 Å². The standard InChI is InChI=1S/C16H18N2S/c1-3-8-18-11-13-5-4-12(2)15(9-13)16-7-6-14(10-17)19-16/h4-7,9,18H,3,8,11H2,1-2H3. The third-order valence-electron chi connectivity index (χ3n) is 3.04. The Kier molecular flexibility index (Phi) is 4.73. The molecule has 0 aliphatic heterocycles. The summed E-state index contributed by atoms with van der Waals surface area (Å²) in [5.74, 6) is 0. The molecule has 2 nitrogen and oxygen atoms in total. The van der Waals surface area contributed by atoms with Crippen molar-refractivity contribution in [2.45, 2.75) is 26.8 Å². The fourth-order valence-corrected chi connectivity index (χ4v) is 2.88. The second-order valence-electron chi connectivity index (χ2n) is 4.60. The molecule has 0 unspecified atom stereocenters. The molecule has 1 heterocycles. The maximum Gasteiger partial charge on any atom is 0.110 e. The van der Waals surface area contributed by atoms with E-state index >= 15 is 0 Å². The molecule has 0 atom stereocenters. The lowest BCUT2D eigenvalue weighted by molar-refractivity contribution is 0.675. The van der Waals surface area contributed by atoms with Crippen LogP contribution in [0.3, 0.4) is 0 Å². The zero-order chi connectivity index (χ0) is 13.7. The Labute approximate surface area is 118 Å². The summed E-state index contributed by atoms with van der Waals surface area (Å²) < 4.78 is 0. The molecule has 2 rings (SSSR count). The van der Waals surface area contributed by atoms with Crippen molar-refractivity contribution >= 4 is 11.3 Å². The number of rotatable bonds is 5. The van der Waals surface area contributed by atoms with Gasteiger partial charge in [0.15, 0.2) is 0 Å². The Morgan fingerprint density at radius 1 is 1.26 bits per heavy atom. The Balaban J connectivity index is 2.24. The van der Waals surface area contributed by atoms with Gasteiger partial charge in [-0.1, -0.05) is 19.1 Å². The number of thiophene rings is 1. The van der Waals surface area contributed by atoms with Gasteiger partial charge >= 0.3 is 0 Å². The van der Waals surface area contributed by atoms with Gasteiger partial charge in [-0.05, 0) is 54.8 Å². The zero-order valence-corrected chi connectivity index (χ0v) is 12.2. The van der Waals surface area contributed by atoms with Crippen molar-refractivity contribution in [2.75, 3.05) is 6.54 Å². The quantitative estimate of drug-likeness (QED) is 0.830. The van der Waals surface area contributed by atoms with Crippen molar-refractivity contribution in [3.63, 3.8) is 0 Å². The lowest BCUT2D eigenvalue weighted by Crippen LogP contribution is -2.13. The second-order valence-corrected chi connectivity index (χ2v) is 5.69. The maximum absolute atomic E-state index is 8.92. The van der Waals surface area contributed by atoms with Crippen molar-refractivity contribution in [3.05, 3.63) is 46.3 Å². The minimum atomic E-state index is 0.768. The van der Waals surface area contributed by atoms with Gasteiger partial charge in [0, 0.05) is 11.4 Å². The normalized spacial score (nSPS) is 10.4. The van der Waals surface area contributed by atoms with Crippen LogP contribution in [0.4, 0.5) is 0 Å². The highest BCUT2D eigenvalue weighted by atomic mass is 32.1. The SMILES string of the molecule is CCCNCc1ccc(C)c(-c2ccc(C#N)s2)c1. The van der Waals surface area contributed by atoms with Crippen LogP contribution < -0.4 is 5.32 Å². The average Bonchev–Trinajstić information content (AvgIpc) is 2.89. The molecule has 19 heavy (non-hydrogen) atoms. The molecule has 3 heteroatoms. The van der Waals surface area contributed by atoms with Crippen LogP contribution in [0.1, 0.15) is 29.3 Å². The average molecular weight is 270 g/mol. The molecule has 0 bridgehead atoms. The predicted octanol–water partition coefficient (Wildman–Crippen LogP) is 4.09. The third kappa shape index (κ3) is 3.44. The van der Waals surface area contributed by atoms with Gasteiger partial charge in [0.25, 0.3) is 0 Å². The molecule has 0 fully saturated rings. The van der Waals surface area contributed by atoms with Crippen LogP contribution in [-0.4, -0.2) is 6.54 Å². The van der Waals surface area contributed by atoms with E-state index in [1.807, 2.05) is 12.1 Å². The highest BCUT2D eigenvalue weighted by Gasteiger charge is 2.06. The summed E-state index contributed by atoms with van der Waals surface area (Å²) in [5, 5.41) is 12.3. The van der Waals surface area contributed by atoms with Crippen molar-refractivity contribution < 1.29 is 0 Å². The summed E-state index contributed by atoms with van der Waals surface area (Å²) in [4.78, 5) is 1.94. The van der Waals surface area contributed by atoms with E-state index in [4.69, 9.17) is 5.26 Å². The molecule has 0 amide bonds. The first-order valence-electron chi connectivity index (χ1n) is 6.55. The molecular formula is C16H18N2S. The number of aryl methyl sites for hydroxylation is 1. The van der Waals surface area contributed by atoms with Gasteiger partial charge < -0.3 is 5.32 Å². The maximum atomic E-state index is 8.92. The highest BCUT2D eigenvalue weighted by molar-refractivity contribution is 7.16. The number of hydrogen-bond donors (Lipinski definition) is 1. The molecule has 2 aromatic rings. The Morgan fingerprint density at radius 3 is 2.79 bits per heavy atom. The predicted molar refractivity (Wildman–Crippen MR) is 81.2 cm³/mol. The topological polar surface area (TPSA) is 35.8 Å². The fraction of sp³-hybridized carbons (Fsp3) is 0.312. The molecule has 98 valence electrons. The number of hydrogen-bond acceptors (Lipinski definition) is 3. The lowest BCUT2D eigenvalue weighted by Gasteiger charge is -2.08. The molecular weight excluding hydrogens is 252 g/mol. The van der Waals surface area contributed by atoms with Crippen molar-refractivity contribution in [2.24, 2.45) is 0 Å². The van der Waals surface area contributed by atoms with Crippen LogP contribution in [-0.2, 0) is 6.54 Å². The van der Waals surface area contributed by atoms with Crippen LogP contribution in [0.2, 0.25) is 0 Å². The molecule has 0 aliphatic rings. The van der Waals surface area contributed by atoms with Crippen LogP contribution in [0.5, 0.6) is 0 Å². The van der Waals surface area contributed by atoms with Gasteiger partial charge in [-0.3, -0.25) is 0 Å². The highest BCUT2D eigenvalue weighted by Crippen LogP contribution is 2.31. The number of nitriles is 1. The van der Waals surface area contributed by atoms with E-state index in [1.165, 1.54) is 21.6 Å². The summed E-state index contributed by atoms with van der Waals surface area (Å²) in [5.41, 5.74) is 3.79. The first-order chi connectivity index (χ1) is 9.24.